The molecule has 9 heteroatoms. The van der Waals surface area contributed by atoms with Crippen LogP contribution in [-0.2, 0) is 10.0 Å². The Hall–Kier alpha value is -1.61. The number of nitrogens with one attached hydrogen (secondary N) is 1. The molecule has 1 heterocycles. The Labute approximate surface area is 143 Å². The van der Waals surface area contributed by atoms with Crippen LogP contribution in [0.1, 0.15) is 9.67 Å². The van der Waals surface area contributed by atoms with Gasteiger partial charge in [-0.25, -0.2) is 12.7 Å². The number of anilines is 1. The molecule has 0 radical (unpaired) electrons. The number of amides is 1. The van der Waals surface area contributed by atoms with Crippen LogP contribution < -0.4 is 10.1 Å². The number of carbonyl (C=O) groups is 1. The number of benzene rings is 1. The number of nitrogens with zero attached hydrogens (tertiary/aromatic N) is 1. The third kappa shape index (κ3) is 3.84. The van der Waals surface area contributed by atoms with Crippen molar-refractivity contribution in [3.05, 3.63) is 39.5 Å². The summed E-state index contributed by atoms with van der Waals surface area (Å²) in [4.78, 5) is 12.7. The van der Waals surface area contributed by atoms with Crippen LogP contribution in [0.3, 0.4) is 0 Å². The van der Waals surface area contributed by atoms with Gasteiger partial charge in [-0.05, 0) is 30.3 Å². The van der Waals surface area contributed by atoms with Crippen LogP contribution in [0.5, 0.6) is 5.75 Å². The minimum atomic E-state index is -3.61. The number of hydrogen-bond donors (Lipinski definition) is 1. The van der Waals surface area contributed by atoms with Crippen molar-refractivity contribution in [3.63, 3.8) is 0 Å². The van der Waals surface area contributed by atoms with Crippen LogP contribution in [0, 0.1) is 0 Å². The molecule has 0 saturated carbocycles. The van der Waals surface area contributed by atoms with Crippen LogP contribution in [0.4, 0.5) is 5.69 Å². The minimum absolute atomic E-state index is 0.0582. The lowest BCUT2D eigenvalue weighted by Crippen LogP contribution is -2.22. The van der Waals surface area contributed by atoms with Gasteiger partial charge in [0.05, 0.1) is 26.9 Å². The molecule has 0 bridgehead atoms. The van der Waals surface area contributed by atoms with Gasteiger partial charge in [0.15, 0.2) is 0 Å². The summed E-state index contributed by atoms with van der Waals surface area (Å²) >= 11 is 6.94. The van der Waals surface area contributed by atoms with E-state index in [4.69, 9.17) is 16.3 Å². The number of rotatable bonds is 5. The summed E-state index contributed by atoms with van der Waals surface area (Å²) in [7, 11) is 0.697. The van der Waals surface area contributed by atoms with E-state index in [1.165, 1.54) is 39.4 Å². The predicted octanol–water partition coefficient (Wildman–Crippen LogP) is 2.91. The van der Waals surface area contributed by atoms with E-state index in [0.717, 1.165) is 15.6 Å². The van der Waals surface area contributed by atoms with Crippen molar-refractivity contribution in [2.75, 3.05) is 26.5 Å². The molecule has 0 unspecified atom stereocenters. The quantitative estimate of drug-likeness (QED) is 0.873. The fourth-order valence-electron chi connectivity index (χ4n) is 1.78. The number of carbonyl (C=O) groups excluding carboxylic acids is 1. The van der Waals surface area contributed by atoms with E-state index in [1.807, 2.05) is 0 Å². The van der Waals surface area contributed by atoms with Gasteiger partial charge in [0.2, 0.25) is 10.0 Å². The summed E-state index contributed by atoms with van der Waals surface area (Å²) in [6.45, 7) is 0. The second kappa shape index (κ2) is 6.88. The van der Waals surface area contributed by atoms with Gasteiger partial charge in [0, 0.05) is 14.1 Å². The van der Waals surface area contributed by atoms with Crippen LogP contribution >= 0.6 is 22.9 Å². The normalized spacial score (nSPS) is 11.5. The molecular formula is C14H15ClN2O4S2. The van der Waals surface area contributed by atoms with Gasteiger partial charge >= 0.3 is 0 Å². The molecule has 2 aromatic rings. The molecule has 1 N–H and O–H groups in total. The van der Waals surface area contributed by atoms with Crippen LogP contribution in [0.2, 0.25) is 4.34 Å². The maximum Gasteiger partial charge on any atom is 0.265 e. The number of halogens is 1. The van der Waals surface area contributed by atoms with E-state index in [2.05, 4.69) is 5.32 Å². The van der Waals surface area contributed by atoms with E-state index < -0.39 is 10.0 Å². The second-order valence-electron chi connectivity index (χ2n) is 4.71. The molecule has 0 atom stereocenters. The molecule has 0 fully saturated rings. The predicted molar refractivity (Wildman–Crippen MR) is 91.1 cm³/mol. The van der Waals surface area contributed by atoms with Crippen molar-refractivity contribution in [3.8, 4) is 5.75 Å². The number of thiophene rings is 1. The Morgan fingerprint density at radius 3 is 2.48 bits per heavy atom. The third-order valence-electron chi connectivity index (χ3n) is 2.99. The molecular weight excluding hydrogens is 360 g/mol. The maximum absolute atomic E-state index is 12.2. The standard InChI is InChI=1S/C14H15ClN2O4S2/c1-17(2)23(19,20)9-4-5-11(21-3)10(8-9)16-14(18)12-6-7-13(15)22-12/h4-8H,1-3H3,(H,16,18). The molecule has 0 aliphatic rings. The summed E-state index contributed by atoms with van der Waals surface area (Å²) in [5, 5.41) is 2.65. The number of sulfonamides is 1. The Balaban J connectivity index is 2.38. The van der Waals surface area contributed by atoms with Crippen molar-refractivity contribution in [1.82, 2.24) is 4.31 Å². The molecule has 0 aliphatic carbocycles. The van der Waals surface area contributed by atoms with Gasteiger partial charge in [-0.15, -0.1) is 11.3 Å². The lowest BCUT2D eigenvalue weighted by Gasteiger charge is -2.15. The monoisotopic (exact) mass is 374 g/mol. The largest absolute Gasteiger partial charge is 0.495 e. The molecule has 0 aliphatic heterocycles. The highest BCUT2D eigenvalue weighted by molar-refractivity contribution is 7.89. The van der Waals surface area contributed by atoms with E-state index in [9.17, 15) is 13.2 Å². The Morgan fingerprint density at radius 2 is 1.96 bits per heavy atom. The SMILES string of the molecule is COc1ccc(S(=O)(=O)N(C)C)cc1NC(=O)c1ccc(Cl)s1. The fraction of sp³-hybridized carbons (Fsp3) is 0.214. The highest BCUT2D eigenvalue weighted by Crippen LogP contribution is 2.30. The van der Waals surface area contributed by atoms with Crippen LogP contribution in [-0.4, -0.2) is 39.8 Å². The van der Waals surface area contributed by atoms with Gasteiger partial charge < -0.3 is 10.1 Å². The highest BCUT2D eigenvalue weighted by Gasteiger charge is 2.20. The van der Waals surface area contributed by atoms with E-state index in [-0.39, 0.29) is 16.5 Å². The summed E-state index contributed by atoms with van der Waals surface area (Å²) in [6, 6.07) is 7.49. The molecule has 124 valence electrons. The van der Waals surface area contributed by atoms with Crippen molar-refractivity contribution in [1.29, 1.82) is 0 Å². The first-order chi connectivity index (χ1) is 10.8. The van der Waals surface area contributed by atoms with Gasteiger partial charge in [0.25, 0.3) is 5.91 Å². The van der Waals surface area contributed by atoms with Gasteiger partial charge in [-0.3, -0.25) is 4.79 Å². The third-order valence-corrected chi connectivity index (χ3v) is 6.04. The van der Waals surface area contributed by atoms with E-state index in [1.54, 1.807) is 12.1 Å². The van der Waals surface area contributed by atoms with Crippen LogP contribution in [0.15, 0.2) is 35.2 Å². The van der Waals surface area contributed by atoms with Gasteiger partial charge in [0.1, 0.15) is 5.75 Å². The van der Waals surface area contributed by atoms with Crippen LogP contribution in [0.25, 0.3) is 0 Å². The van der Waals surface area contributed by atoms with E-state index >= 15 is 0 Å². The first kappa shape index (κ1) is 17.7. The zero-order valence-electron chi connectivity index (χ0n) is 12.7. The smallest absolute Gasteiger partial charge is 0.265 e. The minimum Gasteiger partial charge on any atom is -0.495 e. The Bertz CT molecular complexity index is 831. The fourth-order valence-corrected chi connectivity index (χ4v) is 3.64. The highest BCUT2D eigenvalue weighted by atomic mass is 35.5. The molecule has 23 heavy (non-hydrogen) atoms. The summed E-state index contributed by atoms with van der Waals surface area (Å²) < 4.78 is 31.2. The van der Waals surface area contributed by atoms with Crippen molar-refractivity contribution in [2.24, 2.45) is 0 Å². The molecule has 2 rings (SSSR count). The average molecular weight is 375 g/mol. The molecule has 1 amide bonds. The zero-order valence-corrected chi connectivity index (χ0v) is 15.1. The molecule has 0 saturated heterocycles. The van der Waals surface area contributed by atoms with E-state index in [0.29, 0.717) is 15.0 Å². The summed E-state index contributed by atoms with van der Waals surface area (Å²) in [6.07, 6.45) is 0. The molecule has 0 spiro atoms. The first-order valence-corrected chi connectivity index (χ1v) is 9.06. The second-order valence-corrected chi connectivity index (χ2v) is 8.57. The lowest BCUT2D eigenvalue weighted by molar-refractivity contribution is 0.103. The van der Waals surface area contributed by atoms with Gasteiger partial charge in [-0.1, -0.05) is 11.6 Å². The number of ether oxygens (including phenoxy) is 1. The zero-order chi connectivity index (χ0) is 17.2. The first-order valence-electron chi connectivity index (χ1n) is 6.43. The van der Waals surface area contributed by atoms with Crippen molar-refractivity contribution in [2.45, 2.75) is 4.90 Å². The summed E-state index contributed by atoms with van der Waals surface area (Å²) in [5.41, 5.74) is 0.268. The maximum atomic E-state index is 12.2. The molecule has 1 aromatic heterocycles. The van der Waals surface area contributed by atoms with Crippen molar-refractivity contribution >= 4 is 44.6 Å². The van der Waals surface area contributed by atoms with Gasteiger partial charge in [-0.2, -0.15) is 0 Å². The number of hydrogen-bond acceptors (Lipinski definition) is 5. The molecule has 6 nitrogen and oxygen atoms in total. The Kier molecular flexibility index (Phi) is 5.30. The lowest BCUT2D eigenvalue weighted by atomic mass is 10.3. The topological polar surface area (TPSA) is 75.7 Å². The average Bonchev–Trinajstić information content (AvgIpc) is 2.93. The number of methoxy groups -OCH3 is 1. The van der Waals surface area contributed by atoms with Crippen molar-refractivity contribution < 1.29 is 17.9 Å². The molecule has 1 aromatic carbocycles. The Morgan fingerprint density at radius 1 is 1.26 bits per heavy atom. The summed E-state index contributed by atoms with van der Waals surface area (Å²) in [5.74, 6) is -0.0293.